The summed E-state index contributed by atoms with van der Waals surface area (Å²) in [4.78, 5) is 12.0. The minimum Gasteiger partial charge on any atom is -0.490 e. The van der Waals surface area contributed by atoms with Crippen molar-refractivity contribution >= 4 is 6.09 Å². The second kappa shape index (κ2) is 4.54. The summed E-state index contributed by atoms with van der Waals surface area (Å²) in [7, 11) is 0. The summed E-state index contributed by atoms with van der Waals surface area (Å²) in [6.07, 6.45) is -4.07. The lowest BCUT2D eigenvalue weighted by molar-refractivity contribution is -0.138. The highest BCUT2D eigenvalue weighted by Gasteiger charge is 2.54. The van der Waals surface area contributed by atoms with E-state index in [0.717, 1.165) is 12.1 Å². The van der Waals surface area contributed by atoms with Gasteiger partial charge in [-0.1, -0.05) is 6.07 Å². The molecule has 1 amide bonds. The molecule has 4 nitrogen and oxygen atoms in total. The minimum atomic E-state index is -4.38. The summed E-state index contributed by atoms with van der Waals surface area (Å²) in [5.41, 5.74) is -0.750. The first-order valence-corrected chi connectivity index (χ1v) is 6.59. The maximum absolute atomic E-state index is 12.6. The Labute approximate surface area is 119 Å². The number of alkyl halides is 3. The minimum absolute atomic E-state index is 0.0231. The van der Waals surface area contributed by atoms with E-state index in [1.54, 1.807) is 0 Å². The van der Waals surface area contributed by atoms with Gasteiger partial charge in [0, 0.05) is 18.5 Å². The van der Waals surface area contributed by atoms with Crippen LogP contribution in [0, 0.1) is 5.41 Å². The van der Waals surface area contributed by atoms with Crippen LogP contribution in [0.1, 0.15) is 18.4 Å². The molecular formula is C14H14F3NO3. The number of hydrogen-bond donors (Lipinski definition) is 1. The number of ether oxygens (including phenoxy) is 1. The van der Waals surface area contributed by atoms with Crippen molar-refractivity contribution in [2.45, 2.75) is 25.1 Å². The molecule has 1 saturated heterocycles. The van der Waals surface area contributed by atoms with E-state index in [-0.39, 0.29) is 17.3 Å². The van der Waals surface area contributed by atoms with Gasteiger partial charge < -0.3 is 14.7 Å². The van der Waals surface area contributed by atoms with Crippen LogP contribution in [-0.4, -0.2) is 35.3 Å². The van der Waals surface area contributed by atoms with Gasteiger partial charge in [0.05, 0.1) is 5.56 Å². The Kier molecular flexibility index (Phi) is 3.04. The Morgan fingerprint density at radius 1 is 1.33 bits per heavy atom. The van der Waals surface area contributed by atoms with Gasteiger partial charge in [0.1, 0.15) is 11.9 Å². The van der Waals surface area contributed by atoms with Crippen molar-refractivity contribution < 1.29 is 27.8 Å². The maximum atomic E-state index is 12.6. The Morgan fingerprint density at radius 2 is 2.00 bits per heavy atom. The zero-order chi connectivity index (χ0) is 15.3. The number of hydrogen-bond acceptors (Lipinski definition) is 2. The third-order valence-electron chi connectivity index (χ3n) is 4.11. The molecule has 2 aliphatic rings. The van der Waals surface area contributed by atoms with Crippen molar-refractivity contribution in [1.82, 2.24) is 4.90 Å². The molecule has 1 aromatic rings. The second-order valence-electron chi connectivity index (χ2n) is 5.81. The van der Waals surface area contributed by atoms with Gasteiger partial charge in [-0.05, 0) is 31.0 Å². The van der Waals surface area contributed by atoms with Crippen LogP contribution < -0.4 is 4.74 Å². The van der Waals surface area contributed by atoms with Crippen LogP contribution in [0.4, 0.5) is 18.0 Å². The lowest BCUT2D eigenvalue weighted by Gasteiger charge is -2.57. The van der Waals surface area contributed by atoms with Crippen LogP contribution in [0.3, 0.4) is 0 Å². The number of rotatable bonds is 2. The predicted molar refractivity (Wildman–Crippen MR) is 67.1 cm³/mol. The van der Waals surface area contributed by atoms with Gasteiger partial charge in [-0.25, -0.2) is 4.79 Å². The number of amides is 1. The molecule has 0 aromatic heterocycles. The van der Waals surface area contributed by atoms with Crippen molar-refractivity contribution in [2.75, 3.05) is 13.1 Å². The fourth-order valence-electron chi connectivity index (χ4n) is 3.08. The molecule has 1 spiro atoms. The highest BCUT2D eigenvalue weighted by molar-refractivity contribution is 5.66. The van der Waals surface area contributed by atoms with Crippen LogP contribution in [0.5, 0.6) is 5.75 Å². The number of carbonyl (C=O) groups is 1. The number of benzene rings is 1. The summed E-state index contributed by atoms with van der Waals surface area (Å²) in [6.45, 7) is 0.982. The average Bonchev–Trinajstić information content (AvgIpc) is 2.29. The summed E-state index contributed by atoms with van der Waals surface area (Å²) in [5.74, 6) is 0.207. The van der Waals surface area contributed by atoms with E-state index in [9.17, 15) is 18.0 Å². The summed E-state index contributed by atoms with van der Waals surface area (Å²) in [5, 5.41) is 8.78. The quantitative estimate of drug-likeness (QED) is 0.912. The molecular weight excluding hydrogens is 287 g/mol. The normalized spacial score (nSPS) is 20.8. The van der Waals surface area contributed by atoms with Crippen LogP contribution in [0.15, 0.2) is 24.3 Å². The van der Waals surface area contributed by atoms with E-state index in [4.69, 9.17) is 9.84 Å². The lowest BCUT2D eigenvalue weighted by atomic mass is 9.62. The van der Waals surface area contributed by atoms with E-state index in [0.29, 0.717) is 25.9 Å². The first-order chi connectivity index (χ1) is 9.77. The molecule has 21 heavy (non-hydrogen) atoms. The molecule has 0 bridgehead atoms. The first kappa shape index (κ1) is 14.0. The van der Waals surface area contributed by atoms with Crippen LogP contribution >= 0.6 is 0 Å². The molecule has 3 rings (SSSR count). The van der Waals surface area contributed by atoms with Crippen molar-refractivity contribution in [3.63, 3.8) is 0 Å². The molecule has 1 aliphatic heterocycles. The van der Waals surface area contributed by atoms with Gasteiger partial charge in [-0.2, -0.15) is 13.2 Å². The SMILES string of the molecule is O=C(O)N1CC2(CC(Oc3cccc(C(F)(F)F)c3)C2)C1. The molecule has 0 atom stereocenters. The van der Waals surface area contributed by atoms with Crippen molar-refractivity contribution in [3.05, 3.63) is 29.8 Å². The summed E-state index contributed by atoms with van der Waals surface area (Å²) in [6, 6.07) is 4.83. The molecule has 0 radical (unpaired) electrons. The van der Waals surface area contributed by atoms with Crippen molar-refractivity contribution in [1.29, 1.82) is 0 Å². The highest BCUT2D eigenvalue weighted by atomic mass is 19.4. The first-order valence-electron chi connectivity index (χ1n) is 6.59. The molecule has 1 aliphatic carbocycles. The predicted octanol–water partition coefficient (Wildman–Crippen LogP) is 3.23. The van der Waals surface area contributed by atoms with E-state index in [1.165, 1.54) is 17.0 Å². The standard InChI is InChI=1S/C14H14F3NO3/c15-14(16,17)9-2-1-3-10(4-9)21-11-5-13(6-11)7-18(8-13)12(19)20/h1-4,11H,5-8H2,(H,19,20). The molecule has 1 saturated carbocycles. The third-order valence-corrected chi connectivity index (χ3v) is 4.11. The van der Waals surface area contributed by atoms with E-state index >= 15 is 0 Å². The van der Waals surface area contributed by atoms with E-state index in [2.05, 4.69) is 0 Å². The lowest BCUT2D eigenvalue weighted by Crippen LogP contribution is -2.65. The zero-order valence-electron chi connectivity index (χ0n) is 11.1. The number of likely N-dealkylation sites (tertiary alicyclic amines) is 1. The molecule has 2 fully saturated rings. The van der Waals surface area contributed by atoms with E-state index in [1.807, 2.05) is 0 Å². The summed E-state index contributed by atoms with van der Waals surface area (Å²) >= 11 is 0. The van der Waals surface area contributed by atoms with Crippen LogP contribution in [0.25, 0.3) is 0 Å². The topological polar surface area (TPSA) is 49.8 Å². The second-order valence-corrected chi connectivity index (χ2v) is 5.81. The Hall–Kier alpha value is -1.92. The smallest absolute Gasteiger partial charge is 0.416 e. The van der Waals surface area contributed by atoms with Crippen molar-refractivity contribution in [2.24, 2.45) is 5.41 Å². The molecule has 1 N–H and O–H groups in total. The van der Waals surface area contributed by atoms with Gasteiger partial charge in [-0.3, -0.25) is 0 Å². The Balaban J connectivity index is 1.55. The average molecular weight is 301 g/mol. The number of carboxylic acid groups (broad SMARTS) is 1. The van der Waals surface area contributed by atoms with Gasteiger partial charge in [0.15, 0.2) is 0 Å². The molecule has 7 heteroatoms. The van der Waals surface area contributed by atoms with Gasteiger partial charge in [0.2, 0.25) is 0 Å². The molecule has 0 unspecified atom stereocenters. The largest absolute Gasteiger partial charge is 0.490 e. The fourth-order valence-corrected chi connectivity index (χ4v) is 3.08. The van der Waals surface area contributed by atoms with Gasteiger partial charge >= 0.3 is 12.3 Å². The zero-order valence-corrected chi connectivity index (χ0v) is 11.1. The molecule has 1 heterocycles. The van der Waals surface area contributed by atoms with Crippen LogP contribution in [-0.2, 0) is 6.18 Å². The monoisotopic (exact) mass is 301 g/mol. The van der Waals surface area contributed by atoms with Gasteiger partial charge in [-0.15, -0.1) is 0 Å². The maximum Gasteiger partial charge on any atom is 0.416 e. The highest BCUT2D eigenvalue weighted by Crippen LogP contribution is 2.49. The van der Waals surface area contributed by atoms with Crippen LogP contribution in [0.2, 0.25) is 0 Å². The summed E-state index contributed by atoms with van der Waals surface area (Å²) < 4.78 is 43.3. The fraction of sp³-hybridized carbons (Fsp3) is 0.500. The Bertz CT molecular complexity index is 559. The number of nitrogens with zero attached hydrogens (tertiary/aromatic N) is 1. The Morgan fingerprint density at radius 3 is 2.57 bits per heavy atom. The number of halogens is 3. The molecule has 114 valence electrons. The molecule has 1 aromatic carbocycles. The van der Waals surface area contributed by atoms with Crippen molar-refractivity contribution in [3.8, 4) is 5.75 Å². The van der Waals surface area contributed by atoms with Gasteiger partial charge in [0.25, 0.3) is 0 Å². The third kappa shape index (κ3) is 2.64. The van der Waals surface area contributed by atoms with E-state index < -0.39 is 17.8 Å².